The van der Waals surface area contributed by atoms with Gasteiger partial charge in [0.25, 0.3) is 10.1 Å². The number of carbonyl (C=O) groups is 1. The Kier molecular flexibility index (Phi) is 8.68. The number of ether oxygens (including phenoxy) is 1. The molecule has 1 heterocycles. The van der Waals surface area contributed by atoms with E-state index >= 15 is 0 Å². The van der Waals surface area contributed by atoms with Crippen molar-refractivity contribution in [2.75, 3.05) is 12.3 Å². The fourth-order valence-corrected chi connectivity index (χ4v) is 10.1. The fourth-order valence-electron chi connectivity index (χ4n) is 9.78. The lowest BCUT2D eigenvalue weighted by molar-refractivity contribution is -0.179. The molecule has 0 aliphatic heterocycles. The van der Waals surface area contributed by atoms with Crippen molar-refractivity contribution in [2.24, 2.45) is 46.3 Å². The lowest BCUT2D eigenvalue weighted by Crippen LogP contribution is -2.58. The summed E-state index contributed by atoms with van der Waals surface area (Å²) in [4.78, 5) is 12.3. The summed E-state index contributed by atoms with van der Waals surface area (Å²) >= 11 is 0. The highest BCUT2D eigenvalue weighted by Crippen LogP contribution is 2.68. The molecule has 10 atom stereocenters. The van der Waals surface area contributed by atoms with Gasteiger partial charge in [-0.05, 0) is 104 Å². The molecule has 4 fully saturated rings. The minimum Gasteiger partial charge on any atom is -0.393 e. The van der Waals surface area contributed by atoms with Gasteiger partial charge in [-0.2, -0.15) is 8.42 Å². The summed E-state index contributed by atoms with van der Waals surface area (Å²) in [6, 6.07) is 0. The number of aliphatic hydroxyl groups is 1. The number of nitrogens with zero attached hydrogens (tertiary/aromatic N) is 2. The molecule has 4 aliphatic rings. The van der Waals surface area contributed by atoms with E-state index in [-0.39, 0.29) is 35.5 Å². The fraction of sp³-hybridized carbons (Fsp3) is 0.897. The van der Waals surface area contributed by atoms with E-state index in [0.29, 0.717) is 48.5 Å². The molecule has 1 amide bonds. The molecule has 4 N–H and O–H groups in total. The quantitative estimate of drug-likeness (QED) is 0.305. The topological polar surface area (TPSA) is 154 Å². The highest BCUT2D eigenvalue weighted by Gasteiger charge is 2.62. The number of carbonyl (C=O) groups excluding carboxylic acids is 1. The first-order valence-corrected chi connectivity index (χ1v) is 16.9. The zero-order valence-electron chi connectivity index (χ0n) is 24.2. The van der Waals surface area contributed by atoms with Crippen LogP contribution in [-0.4, -0.2) is 63.9 Å². The van der Waals surface area contributed by atoms with E-state index in [4.69, 9.17) is 9.29 Å². The number of amides is 1. The maximum absolute atomic E-state index is 12.3. The first-order valence-electron chi connectivity index (χ1n) is 15.3. The third-order valence-corrected chi connectivity index (χ3v) is 12.6. The molecule has 0 aromatic carbocycles. The minimum absolute atomic E-state index is 0.0650. The van der Waals surface area contributed by atoms with Crippen molar-refractivity contribution in [3.63, 3.8) is 0 Å². The van der Waals surface area contributed by atoms with E-state index < -0.39 is 15.9 Å². The second kappa shape index (κ2) is 11.6. The maximum Gasteiger partial charge on any atom is 0.266 e. The van der Waals surface area contributed by atoms with E-state index in [2.05, 4.69) is 41.5 Å². The van der Waals surface area contributed by atoms with Gasteiger partial charge in [-0.25, -0.2) is 0 Å². The summed E-state index contributed by atoms with van der Waals surface area (Å²) in [6.45, 7) is 7.61. The Balaban J connectivity index is 1.18. The Labute approximate surface area is 238 Å². The molecule has 226 valence electrons. The summed E-state index contributed by atoms with van der Waals surface area (Å²) in [6.07, 6.45) is 11.5. The Bertz CT molecular complexity index is 1130. The molecule has 4 aliphatic carbocycles. The van der Waals surface area contributed by atoms with E-state index in [0.717, 1.165) is 57.1 Å². The molecule has 0 spiro atoms. The predicted octanol–water partition coefficient (Wildman–Crippen LogP) is 3.74. The average molecular weight is 581 g/mol. The summed E-state index contributed by atoms with van der Waals surface area (Å²) in [5, 5.41) is 24.8. The normalized spacial score (nSPS) is 40.1. The zero-order chi connectivity index (χ0) is 28.7. The predicted molar refractivity (Wildman–Crippen MR) is 149 cm³/mol. The first-order chi connectivity index (χ1) is 18.9. The highest BCUT2D eigenvalue weighted by molar-refractivity contribution is 7.85. The number of aromatic amines is 1. The number of nitrogens with one attached hydrogen (secondary N) is 2. The third kappa shape index (κ3) is 5.99. The monoisotopic (exact) mass is 580 g/mol. The molecule has 10 nitrogen and oxygen atoms in total. The average Bonchev–Trinajstić information content (AvgIpc) is 3.53. The molecule has 5 rings (SSSR count). The SMILES string of the molecule is C[C@@H](CCC(=O)NCCS(=O)(=O)O)[C@H]1CC[C@H]2C3[C@H](O)CC4C[C@H](OCc5c[nH]nn5)CC[C@]4(C)[C@H]3CC[C@]12C. The van der Waals surface area contributed by atoms with Gasteiger partial charge in [0.15, 0.2) is 0 Å². The van der Waals surface area contributed by atoms with Crippen LogP contribution in [0.5, 0.6) is 0 Å². The summed E-state index contributed by atoms with van der Waals surface area (Å²) in [5.41, 5.74) is 1.24. The van der Waals surface area contributed by atoms with Gasteiger partial charge in [0.2, 0.25) is 5.91 Å². The molecule has 4 saturated carbocycles. The van der Waals surface area contributed by atoms with Crippen molar-refractivity contribution in [3.8, 4) is 0 Å². The number of rotatable bonds is 10. The molecule has 0 saturated heterocycles. The molecule has 0 bridgehead atoms. The molecule has 2 unspecified atom stereocenters. The summed E-state index contributed by atoms with van der Waals surface area (Å²) in [5.74, 6) is 2.13. The number of aliphatic hydroxyl groups excluding tert-OH is 1. The van der Waals surface area contributed by atoms with Crippen LogP contribution in [0.2, 0.25) is 0 Å². The van der Waals surface area contributed by atoms with Crippen LogP contribution in [0, 0.1) is 46.3 Å². The number of H-pyrrole nitrogens is 1. The lowest BCUT2D eigenvalue weighted by atomic mass is 9.43. The van der Waals surface area contributed by atoms with Gasteiger partial charge < -0.3 is 15.2 Å². The Morgan fingerprint density at radius 2 is 1.93 bits per heavy atom. The Morgan fingerprint density at radius 1 is 1.18 bits per heavy atom. The highest BCUT2D eigenvalue weighted by atomic mass is 32.2. The molecule has 40 heavy (non-hydrogen) atoms. The molecule has 1 aromatic heterocycles. The Hall–Kier alpha value is -1.56. The van der Waals surface area contributed by atoms with Gasteiger partial charge in [0.1, 0.15) is 5.69 Å². The van der Waals surface area contributed by atoms with Crippen molar-refractivity contribution in [1.29, 1.82) is 0 Å². The zero-order valence-corrected chi connectivity index (χ0v) is 25.0. The maximum atomic E-state index is 12.3. The van der Waals surface area contributed by atoms with Gasteiger partial charge in [0, 0.05) is 19.2 Å². The van der Waals surface area contributed by atoms with E-state index in [1.165, 1.54) is 6.42 Å². The van der Waals surface area contributed by atoms with Crippen LogP contribution in [0.25, 0.3) is 0 Å². The van der Waals surface area contributed by atoms with Crippen molar-refractivity contribution >= 4 is 16.0 Å². The van der Waals surface area contributed by atoms with Crippen LogP contribution in [-0.2, 0) is 26.3 Å². The van der Waals surface area contributed by atoms with E-state index in [9.17, 15) is 18.3 Å². The molecule has 11 heteroatoms. The van der Waals surface area contributed by atoms with Crippen molar-refractivity contribution < 1.29 is 27.6 Å². The molecular weight excluding hydrogens is 532 g/mol. The first kappa shape index (κ1) is 29.9. The largest absolute Gasteiger partial charge is 0.393 e. The molecular formula is C29H48N4O6S. The van der Waals surface area contributed by atoms with Gasteiger partial charge >= 0.3 is 0 Å². The van der Waals surface area contributed by atoms with Gasteiger partial charge in [-0.1, -0.05) is 26.0 Å². The van der Waals surface area contributed by atoms with Crippen LogP contribution >= 0.6 is 0 Å². The molecule has 0 radical (unpaired) electrons. The van der Waals surface area contributed by atoms with Crippen LogP contribution in [0.1, 0.15) is 90.7 Å². The smallest absolute Gasteiger partial charge is 0.266 e. The number of fused-ring (bicyclic) bond motifs is 5. The van der Waals surface area contributed by atoms with Gasteiger partial charge in [-0.3, -0.25) is 14.4 Å². The Morgan fingerprint density at radius 3 is 2.65 bits per heavy atom. The van der Waals surface area contributed by atoms with Crippen LogP contribution in [0.3, 0.4) is 0 Å². The van der Waals surface area contributed by atoms with Crippen LogP contribution in [0.15, 0.2) is 6.20 Å². The second-order valence-electron chi connectivity index (χ2n) is 13.8. The number of hydrogen-bond acceptors (Lipinski definition) is 7. The third-order valence-electron chi connectivity index (χ3n) is 11.8. The number of aromatic nitrogens is 3. The lowest BCUT2D eigenvalue weighted by Gasteiger charge is -2.62. The standard InChI is InChI=1S/C29H48N4O6S/c1-18(4-7-26(35)30-12-13-40(36,37)38)22-5-6-23-27-24(9-11-29(22,23)3)28(2)10-8-21(14-19(28)15-25(27)34)39-17-20-16-31-33-32-20/h16,18-19,21-25,27,34H,4-15,17H2,1-3H3,(H,30,35)(H,31,32,33)(H,36,37,38)/t18-,19?,21+,22+,23-,24-,25+,27?,28-,29+/m0/s1. The van der Waals surface area contributed by atoms with Gasteiger partial charge in [-0.15, -0.1) is 5.10 Å². The van der Waals surface area contributed by atoms with Crippen molar-refractivity contribution in [1.82, 2.24) is 20.7 Å². The summed E-state index contributed by atoms with van der Waals surface area (Å²) in [7, 11) is -4.07. The number of hydrogen-bond donors (Lipinski definition) is 4. The van der Waals surface area contributed by atoms with Crippen molar-refractivity contribution in [3.05, 3.63) is 11.9 Å². The summed E-state index contributed by atoms with van der Waals surface area (Å²) < 4.78 is 36.9. The second-order valence-corrected chi connectivity index (χ2v) is 15.4. The van der Waals surface area contributed by atoms with E-state index in [1.54, 1.807) is 6.20 Å². The van der Waals surface area contributed by atoms with Crippen LogP contribution < -0.4 is 5.32 Å². The minimum atomic E-state index is -4.07. The molecule has 1 aromatic rings. The van der Waals surface area contributed by atoms with E-state index in [1.807, 2.05) is 0 Å². The van der Waals surface area contributed by atoms with Crippen molar-refractivity contribution in [2.45, 2.75) is 104 Å². The van der Waals surface area contributed by atoms with Gasteiger partial charge in [0.05, 0.1) is 24.6 Å². The van der Waals surface area contributed by atoms with Crippen LogP contribution in [0.4, 0.5) is 0 Å².